The molecule has 1 saturated carbocycles. The van der Waals surface area contributed by atoms with E-state index in [9.17, 15) is 13.2 Å². The third-order valence-electron chi connectivity index (χ3n) is 4.12. The number of rotatable bonds is 2. The maximum Gasteiger partial charge on any atom is 0.391 e. The first-order valence-electron chi connectivity index (χ1n) is 6.70. The minimum Gasteiger partial charge on any atom is -0.325 e. The third-order valence-corrected chi connectivity index (χ3v) is 4.12. The van der Waals surface area contributed by atoms with Crippen molar-refractivity contribution >= 4 is 0 Å². The van der Waals surface area contributed by atoms with Gasteiger partial charge in [-0.1, -0.05) is 29.8 Å². The standard InChI is InChI=1S/C15H20F3N/c1-11-2-4-12(5-3-11)10-14(19)8-6-13(7-9-14)15(16,17)18/h2-5,13H,6-10,19H2,1H3. The largest absolute Gasteiger partial charge is 0.391 e. The predicted octanol–water partition coefficient (Wildman–Crippen LogP) is 3.99. The van der Waals surface area contributed by atoms with Crippen LogP contribution in [0.25, 0.3) is 0 Å². The highest BCUT2D eigenvalue weighted by Gasteiger charge is 2.44. The molecule has 0 spiro atoms. The number of halogens is 3. The topological polar surface area (TPSA) is 26.0 Å². The molecule has 0 saturated heterocycles. The molecule has 1 nitrogen and oxygen atoms in total. The molecule has 0 amide bonds. The lowest BCUT2D eigenvalue weighted by Crippen LogP contribution is -2.47. The Labute approximate surface area is 112 Å². The van der Waals surface area contributed by atoms with Gasteiger partial charge in [0.05, 0.1) is 5.92 Å². The van der Waals surface area contributed by atoms with Gasteiger partial charge < -0.3 is 5.73 Å². The van der Waals surface area contributed by atoms with Crippen molar-refractivity contribution in [3.05, 3.63) is 35.4 Å². The highest BCUT2D eigenvalue weighted by molar-refractivity contribution is 5.23. The minimum atomic E-state index is -4.06. The Morgan fingerprint density at radius 1 is 1.16 bits per heavy atom. The van der Waals surface area contributed by atoms with Crippen LogP contribution in [0.2, 0.25) is 0 Å². The van der Waals surface area contributed by atoms with Crippen molar-refractivity contribution in [2.24, 2.45) is 11.7 Å². The van der Waals surface area contributed by atoms with Crippen molar-refractivity contribution in [3.63, 3.8) is 0 Å². The molecule has 0 bridgehead atoms. The average Bonchev–Trinajstić information content (AvgIpc) is 2.31. The first-order chi connectivity index (χ1) is 8.78. The summed E-state index contributed by atoms with van der Waals surface area (Å²) in [6.45, 7) is 2.01. The fraction of sp³-hybridized carbons (Fsp3) is 0.600. The van der Waals surface area contributed by atoms with Crippen LogP contribution in [0.3, 0.4) is 0 Å². The molecule has 4 heteroatoms. The van der Waals surface area contributed by atoms with Crippen LogP contribution in [-0.4, -0.2) is 11.7 Å². The second-order valence-electron chi connectivity index (χ2n) is 5.84. The molecule has 1 fully saturated rings. The van der Waals surface area contributed by atoms with E-state index < -0.39 is 17.6 Å². The molecule has 1 aliphatic rings. The van der Waals surface area contributed by atoms with E-state index in [0.717, 1.165) is 5.56 Å². The molecule has 19 heavy (non-hydrogen) atoms. The lowest BCUT2D eigenvalue weighted by atomic mass is 9.74. The zero-order valence-electron chi connectivity index (χ0n) is 11.1. The number of hydrogen-bond acceptors (Lipinski definition) is 1. The molecule has 0 atom stereocenters. The zero-order chi connectivity index (χ0) is 14.1. The zero-order valence-corrected chi connectivity index (χ0v) is 11.1. The number of alkyl halides is 3. The SMILES string of the molecule is Cc1ccc(CC2(N)CCC(C(F)(F)F)CC2)cc1. The lowest BCUT2D eigenvalue weighted by molar-refractivity contribution is -0.184. The first-order valence-corrected chi connectivity index (χ1v) is 6.70. The summed E-state index contributed by atoms with van der Waals surface area (Å²) in [6, 6.07) is 8.06. The average molecular weight is 271 g/mol. The number of nitrogens with two attached hydrogens (primary N) is 1. The van der Waals surface area contributed by atoms with Gasteiger partial charge in [0.15, 0.2) is 0 Å². The van der Waals surface area contributed by atoms with E-state index >= 15 is 0 Å². The van der Waals surface area contributed by atoms with E-state index in [-0.39, 0.29) is 12.8 Å². The summed E-state index contributed by atoms with van der Waals surface area (Å²) in [5.41, 5.74) is 8.08. The Balaban J connectivity index is 1.96. The molecule has 0 unspecified atom stereocenters. The lowest BCUT2D eigenvalue weighted by Gasteiger charge is -2.38. The van der Waals surface area contributed by atoms with Crippen LogP contribution in [-0.2, 0) is 6.42 Å². The third kappa shape index (κ3) is 3.72. The van der Waals surface area contributed by atoms with Crippen molar-refractivity contribution in [1.29, 1.82) is 0 Å². The van der Waals surface area contributed by atoms with Gasteiger partial charge in [-0.3, -0.25) is 0 Å². The number of aryl methyl sites for hydroxylation is 1. The van der Waals surface area contributed by atoms with Gasteiger partial charge in [-0.05, 0) is 44.6 Å². The smallest absolute Gasteiger partial charge is 0.325 e. The minimum absolute atomic E-state index is 0.159. The van der Waals surface area contributed by atoms with Gasteiger partial charge in [0.1, 0.15) is 0 Å². The van der Waals surface area contributed by atoms with Crippen LogP contribution in [0.1, 0.15) is 36.8 Å². The van der Waals surface area contributed by atoms with Crippen LogP contribution in [0, 0.1) is 12.8 Å². The number of benzene rings is 1. The van der Waals surface area contributed by atoms with E-state index in [1.54, 1.807) is 0 Å². The van der Waals surface area contributed by atoms with Gasteiger partial charge >= 0.3 is 6.18 Å². The highest BCUT2D eigenvalue weighted by Crippen LogP contribution is 2.41. The Bertz CT molecular complexity index is 414. The monoisotopic (exact) mass is 271 g/mol. The molecule has 1 aliphatic carbocycles. The van der Waals surface area contributed by atoms with Gasteiger partial charge in [0.2, 0.25) is 0 Å². The summed E-state index contributed by atoms with van der Waals surface area (Å²) in [4.78, 5) is 0. The van der Waals surface area contributed by atoms with Gasteiger partial charge in [-0.25, -0.2) is 0 Å². The Morgan fingerprint density at radius 2 is 1.68 bits per heavy atom. The summed E-state index contributed by atoms with van der Waals surface area (Å²) in [5, 5.41) is 0. The maximum atomic E-state index is 12.6. The molecule has 0 heterocycles. The van der Waals surface area contributed by atoms with Crippen molar-refractivity contribution in [3.8, 4) is 0 Å². The van der Waals surface area contributed by atoms with E-state index in [1.807, 2.05) is 31.2 Å². The molecule has 106 valence electrons. The van der Waals surface area contributed by atoms with Gasteiger partial charge in [0.25, 0.3) is 0 Å². The van der Waals surface area contributed by atoms with Crippen molar-refractivity contribution < 1.29 is 13.2 Å². The Hall–Kier alpha value is -1.03. The normalized spacial score (nSPS) is 28.4. The van der Waals surface area contributed by atoms with E-state index in [0.29, 0.717) is 19.3 Å². The van der Waals surface area contributed by atoms with Gasteiger partial charge in [-0.15, -0.1) is 0 Å². The first kappa shape index (κ1) is 14.4. The van der Waals surface area contributed by atoms with Crippen molar-refractivity contribution in [2.45, 2.75) is 50.7 Å². The molecule has 1 aromatic rings. The van der Waals surface area contributed by atoms with Crippen LogP contribution in [0.5, 0.6) is 0 Å². The second kappa shape index (κ2) is 5.16. The summed E-state index contributed by atoms with van der Waals surface area (Å²) in [7, 11) is 0. The second-order valence-corrected chi connectivity index (χ2v) is 5.84. The molecule has 0 aliphatic heterocycles. The quantitative estimate of drug-likeness (QED) is 0.864. The maximum absolute atomic E-state index is 12.6. The summed E-state index contributed by atoms with van der Waals surface area (Å²) in [5.74, 6) is -1.16. The molecular weight excluding hydrogens is 251 g/mol. The van der Waals surface area contributed by atoms with Gasteiger partial charge in [0, 0.05) is 5.54 Å². The molecule has 0 aromatic heterocycles. The van der Waals surface area contributed by atoms with E-state index in [1.165, 1.54) is 5.56 Å². The van der Waals surface area contributed by atoms with Gasteiger partial charge in [-0.2, -0.15) is 13.2 Å². The summed E-state index contributed by atoms with van der Waals surface area (Å²) in [6.07, 6.45) is -2.18. The molecule has 0 radical (unpaired) electrons. The Morgan fingerprint density at radius 3 is 2.16 bits per heavy atom. The van der Waals surface area contributed by atoms with Crippen molar-refractivity contribution in [2.75, 3.05) is 0 Å². The van der Waals surface area contributed by atoms with Crippen LogP contribution >= 0.6 is 0 Å². The van der Waals surface area contributed by atoms with E-state index in [2.05, 4.69) is 0 Å². The molecule has 2 rings (SSSR count). The predicted molar refractivity (Wildman–Crippen MR) is 69.8 cm³/mol. The summed E-state index contributed by atoms with van der Waals surface area (Å²) >= 11 is 0. The highest BCUT2D eigenvalue weighted by atomic mass is 19.4. The molecule has 2 N–H and O–H groups in total. The van der Waals surface area contributed by atoms with Crippen LogP contribution < -0.4 is 5.73 Å². The Kier molecular flexibility index (Phi) is 3.90. The fourth-order valence-corrected chi connectivity index (χ4v) is 2.81. The van der Waals surface area contributed by atoms with Crippen molar-refractivity contribution in [1.82, 2.24) is 0 Å². The summed E-state index contributed by atoms with van der Waals surface area (Å²) < 4.78 is 37.9. The molecule has 1 aromatic carbocycles. The van der Waals surface area contributed by atoms with Crippen LogP contribution in [0.15, 0.2) is 24.3 Å². The molecular formula is C15H20F3N. The fourth-order valence-electron chi connectivity index (χ4n) is 2.81. The number of hydrogen-bond donors (Lipinski definition) is 1. The van der Waals surface area contributed by atoms with Crippen LogP contribution in [0.4, 0.5) is 13.2 Å². The van der Waals surface area contributed by atoms with E-state index in [4.69, 9.17) is 5.73 Å².